The van der Waals surface area contributed by atoms with Crippen LogP contribution in [-0.2, 0) is 4.79 Å². The summed E-state index contributed by atoms with van der Waals surface area (Å²) >= 11 is 1.34. The van der Waals surface area contributed by atoms with Crippen LogP contribution in [-0.4, -0.2) is 29.2 Å². The second kappa shape index (κ2) is 5.18. The number of carbonyl (C=O) groups excluding carboxylic acids is 1. The number of anilines is 1. The predicted molar refractivity (Wildman–Crippen MR) is 58.7 cm³/mol. The van der Waals surface area contributed by atoms with Crippen molar-refractivity contribution >= 4 is 22.4 Å². The van der Waals surface area contributed by atoms with Crippen LogP contribution in [0, 0.1) is 5.92 Å². The molecular formula is C9H14N4OS. The van der Waals surface area contributed by atoms with E-state index in [1.165, 1.54) is 17.8 Å². The molecule has 1 aromatic heterocycles. The average molecular weight is 226 g/mol. The number of rotatable bonds is 4. The number of carbonyl (C=O) groups is 1. The van der Waals surface area contributed by atoms with Crippen LogP contribution < -0.4 is 10.6 Å². The van der Waals surface area contributed by atoms with Gasteiger partial charge in [0.25, 0.3) is 0 Å². The van der Waals surface area contributed by atoms with Crippen molar-refractivity contribution in [1.29, 1.82) is 0 Å². The third-order valence-electron chi connectivity index (χ3n) is 2.55. The third-order valence-corrected chi connectivity index (χ3v) is 3.16. The number of hydrogen-bond donors (Lipinski definition) is 2. The molecule has 0 saturated carbocycles. The Kier molecular flexibility index (Phi) is 3.63. The zero-order chi connectivity index (χ0) is 10.5. The first kappa shape index (κ1) is 10.5. The fourth-order valence-corrected chi connectivity index (χ4v) is 2.17. The maximum Gasteiger partial charge on any atom is 0.226 e. The van der Waals surface area contributed by atoms with Gasteiger partial charge in [0.2, 0.25) is 11.0 Å². The second-order valence-corrected chi connectivity index (χ2v) is 4.52. The molecule has 1 amide bonds. The van der Waals surface area contributed by atoms with Crippen molar-refractivity contribution in [3.63, 3.8) is 0 Å². The highest BCUT2D eigenvalue weighted by Crippen LogP contribution is 2.15. The van der Waals surface area contributed by atoms with Gasteiger partial charge in [-0.15, -0.1) is 10.2 Å². The van der Waals surface area contributed by atoms with Crippen LogP contribution in [0.25, 0.3) is 0 Å². The van der Waals surface area contributed by atoms with Crippen LogP contribution in [0.3, 0.4) is 0 Å². The molecule has 6 heteroatoms. The summed E-state index contributed by atoms with van der Waals surface area (Å²) in [5, 5.41) is 14.0. The van der Waals surface area contributed by atoms with Gasteiger partial charge >= 0.3 is 0 Å². The highest BCUT2D eigenvalue weighted by Gasteiger charge is 2.15. The number of amides is 1. The lowest BCUT2D eigenvalue weighted by Crippen LogP contribution is -2.14. The monoisotopic (exact) mass is 226 g/mol. The van der Waals surface area contributed by atoms with E-state index in [0.717, 1.165) is 19.5 Å². The van der Waals surface area contributed by atoms with Crippen LogP contribution in [0.1, 0.15) is 19.3 Å². The van der Waals surface area contributed by atoms with Gasteiger partial charge in [-0.25, -0.2) is 0 Å². The SMILES string of the molecule is O=C(CCC1CCNC1)Nc1nncs1. The molecule has 5 nitrogen and oxygen atoms in total. The summed E-state index contributed by atoms with van der Waals surface area (Å²) in [6.45, 7) is 2.13. The van der Waals surface area contributed by atoms with E-state index in [1.807, 2.05) is 0 Å². The molecule has 2 rings (SSSR count). The van der Waals surface area contributed by atoms with Gasteiger partial charge in [0.1, 0.15) is 5.51 Å². The standard InChI is InChI=1S/C9H14N4OS/c14-8(12-9-13-11-6-15-9)2-1-7-3-4-10-5-7/h6-7,10H,1-5H2,(H,12,13,14). The average Bonchev–Trinajstić information content (AvgIpc) is 2.86. The fourth-order valence-electron chi connectivity index (χ4n) is 1.71. The first-order valence-corrected chi connectivity index (χ1v) is 5.99. The van der Waals surface area contributed by atoms with Crippen molar-refractivity contribution in [2.24, 2.45) is 5.92 Å². The van der Waals surface area contributed by atoms with E-state index in [2.05, 4.69) is 20.8 Å². The van der Waals surface area contributed by atoms with Gasteiger partial charge in [0.05, 0.1) is 0 Å². The van der Waals surface area contributed by atoms with Crippen LogP contribution in [0.2, 0.25) is 0 Å². The van der Waals surface area contributed by atoms with E-state index in [0.29, 0.717) is 17.5 Å². The molecule has 0 bridgehead atoms. The Morgan fingerprint density at radius 2 is 2.67 bits per heavy atom. The summed E-state index contributed by atoms with van der Waals surface area (Å²) in [5.74, 6) is 0.698. The van der Waals surface area contributed by atoms with Crippen molar-refractivity contribution in [2.75, 3.05) is 18.4 Å². The smallest absolute Gasteiger partial charge is 0.226 e. The molecule has 0 aromatic carbocycles. The molecule has 0 aliphatic carbocycles. The highest BCUT2D eigenvalue weighted by atomic mass is 32.1. The van der Waals surface area contributed by atoms with Gasteiger partial charge in [-0.2, -0.15) is 0 Å². The molecule has 2 N–H and O–H groups in total. The van der Waals surface area contributed by atoms with Gasteiger partial charge in [0.15, 0.2) is 0 Å². The van der Waals surface area contributed by atoms with Crippen LogP contribution >= 0.6 is 11.3 Å². The van der Waals surface area contributed by atoms with Gasteiger partial charge in [-0.3, -0.25) is 4.79 Å². The largest absolute Gasteiger partial charge is 0.316 e. The minimum atomic E-state index is 0.0404. The molecule has 1 atom stereocenters. The summed E-state index contributed by atoms with van der Waals surface area (Å²) in [6, 6.07) is 0. The molecule has 15 heavy (non-hydrogen) atoms. The lowest BCUT2D eigenvalue weighted by atomic mass is 10.0. The van der Waals surface area contributed by atoms with Gasteiger partial charge in [-0.05, 0) is 31.8 Å². The first-order valence-electron chi connectivity index (χ1n) is 5.11. The Balaban J connectivity index is 1.68. The number of hydrogen-bond acceptors (Lipinski definition) is 5. The molecule has 0 spiro atoms. The number of nitrogens with zero attached hydrogens (tertiary/aromatic N) is 2. The molecule has 1 aliphatic heterocycles. The normalized spacial score (nSPS) is 20.4. The minimum Gasteiger partial charge on any atom is -0.316 e. The molecule has 1 unspecified atom stereocenters. The van der Waals surface area contributed by atoms with Crippen molar-refractivity contribution < 1.29 is 4.79 Å². The Labute approximate surface area is 92.3 Å². The molecule has 1 aromatic rings. The van der Waals surface area contributed by atoms with Crippen molar-refractivity contribution in [3.8, 4) is 0 Å². The third kappa shape index (κ3) is 3.24. The summed E-state index contributed by atoms with van der Waals surface area (Å²) in [7, 11) is 0. The Bertz CT molecular complexity index is 308. The lowest BCUT2D eigenvalue weighted by molar-refractivity contribution is -0.116. The molecule has 2 heterocycles. The number of nitrogens with one attached hydrogen (secondary N) is 2. The van der Waals surface area contributed by atoms with Crippen molar-refractivity contribution in [2.45, 2.75) is 19.3 Å². The van der Waals surface area contributed by atoms with E-state index >= 15 is 0 Å². The zero-order valence-corrected chi connectivity index (χ0v) is 9.22. The molecule has 82 valence electrons. The van der Waals surface area contributed by atoms with E-state index in [1.54, 1.807) is 5.51 Å². The Hall–Kier alpha value is -1.01. The van der Waals surface area contributed by atoms with Crippen LogP contribution in [0.4, 0.5) is 5.13 Å². The first-order chi connectivity index (χ1) is 7.34. The maximum atomic E-state index is 11.5. The van der Waals surface area contributed by atoms with Crippen LogP contribution in [0.15, 0.2) is 5.51 Å². The van der Waals surface area contributed by atoms with Crippen LogP contribution in [0.5, 0.6) is 0 Å². The summed E-state index contributed by atoms with van der Waals surface area (Å²) in [4.78, 5) is 11.5. The van der Waals surface area contributed by atoms with Crippen molar-refractivity contribution in [3.05, 3.63) is 5.51 Å². The van der Waals surface area contributed by atoms with Crippen molar-refractivity contribution in [1.82, 2.24) is 15.5 Å². The molecule has 1 saturated heterocycles. The van der Waals surface area contributed by atoms with E-state index < -0.39 is 0 Å². The second-order valence-electron chi connectivity index (χ2n) is 3.69. The van der Waals surface area contributed by atoms with Gasteiger partial charge in [0, 0.05) is 6.42 Å². The van der Waals surface area contributed by atoms with Gasteiger partial charge < -0.3 is 10.6 Å². The summed E-state index contributed by atoms with van der Waals surface area (Å²) < 4.78 is 0. The minimum absolute atomic E-state index is 0.0404. The zero-order valence-electron chi connectivity index (χ0n) is 8.40. The van der Waals surface area contributed by atoms with E-state index in [9.17, 15) is 4.79 Å². The topological polar surface area (TPSA) is 66.9 Å². The van der Waals surface area contributed by atoms with Gasteiger partial charge in [-0.1, -0.05) is 11.3 Å². The molecule has 1 aliphatic rings. The molecule has 0 radical (unpaired) electrons. The van der Waals surface area contributed by atoms with E-state index in [-0.39, 0.29) is 5.91 Å². The molecular weight excluding hydrogens is 212 g/mol. The lowest BCUT2D eigenvalue weighted by Gasteiger charge is -2.06. The van der Waals surface area contributed by atoms with E-state index in [4.69, 9.17) is 0 Å². The Morgan fingerprint density at radius 1 is 1.73 bits per heavy atom. The predicted octanol–water partition coefficient (Wildman–Crippen LogP) is 0.866. The number of aromatic nitrogens is 2. The fraction of sp³-hybridized carbons (Fsp3) is 0.667. The molecule has 1 fully saturated rings. The maximum absolute atomic E-state index is 11.5. The summed E-state index contributed by atoms with van der Waals surface area (Å²) in [5.41, 5.74) is 1.61. The Morgan fingerprint density at radius 3 is 3.33 bits per heavy atom. The highest BCUT2D eigenvalue weighted by molar-refractivity contribution is 7.13. The quantitative estimate of drug-likeness (QED) is 0.799. The summed E-state index contributed by atoms with van der Waals surface area (Å²) in [6.07, 6.45) is 2.72.